The number of carbonyl (C=O) groups is 2. The van der Waals surface area contributed by atoms with Crippen molar-refractivity contribution in [3.05, 3.63) is 11.3 Å². The van der Waals surface area contributed by atoms with Crippen LogP contribution >= 0.6 is 0 Å². The highest BCUT2D eigenvalue weighted by Gasteiger charge is 2.73. The Bertz CT molecular complexity index is 818. The lowest BCUT2D eigenvalue weighted by Gasteiger charge is -2.59. The van der Waals surface area contributed by atoms with Crippen molar-refractivity contribution < 1.29 is 38.5 Å². The molecule has 3 rings (SSSR count). The number of aliphatic hydroxyl groups is 1. The van der Waals surface area contributed by atoms with Crippen molar-refractivity contribution in [1.82, 2.24) is 10.4 Å². The summed E-state index contributed by atoms with van der Waals surface area (Å²) in [4.78, 5) is 31.5. The lowest BCUT2D eigenvalue weighted by atomic mass is 9.63. The van der Waals surface area contributed by atoms with E-state index < -0.39 is 41.2 Å². The van der Waals surface area contributed by atoms with Crippen molar-refractivity contribution in [2.24, 2.45) is 0 Å². The largest absolute Gasteiger partial charge is 0.494 e. The number of rotatable bonds is 13. The first-order valence-electron chi connectivity index (χ1n) is 12.1. The van der Waals surface area contributed by atoms with Crippen molar-refractivity contribution in [1.29, 1.82) is 5.41 Å². The van der Waals surface area contributed by atoms with Gasteiger partial charge in [0.2, 0.25) is 0 Å². The number of ether oxygens (including phenoxy) is 4. The predicted molar refractivity (Wildman–Crippen MR) is 121 cm³/mol. The van der Waals surface area contributed by atoms with Gasteiger partial charge in [-0.1, -0.05) is 27.7 Å². The Labute approximate surface area is 200 Å². The van der Waals surface area contributed by atoms with E-state index in [1.165, 1.54) is 0 Å². The van der Waals surface area contributed by atoms with Gasteiger partial charge >= 0.3 is 6.02 Å². The second-order valence-electron chi connectivity index (χ2n) is 8.78. The fourth-order valence-corrected chi connectivity index (χ4v) is 4.67. The number of carbonyl (C=O) groups excluding carboxylic acids is 2. The van der Waals surface area contributed by atoms with Gasteiger partial charge in [0, 0.05) is 19.8 Å². The van der Waals surface area contributed by atoms with Crippen LogP contribution in [0.25, 0.3) is 0 Å². The first kappa shape index (κ1) is 26.4. The highest BCUT2D eigenvalue weighted by atomic mass is 16.7. The van der Waals surface area contributed by atoms with Gasteiger partial charge in [0.05, 0.1) is 25.2 Å². The Balaban J connectivity index is 2.27. The lowest BCUT2D eigenvalue weighted by Crippen LogP contribution is -2.78. The molecule has 0 aromatic rings. The van der Waals surface area contributed by atoms with E-state index in [1.54, 1.807) is 0 Å². The highest BCUT2D eigenvalue weighted by molar-refractivity contribution is 6.09. The normalized spacial score (nSPS) is 30.7. The van der Waals surface area contributed by atoms with Crippen LogP contribution in [-0.4, -0.2) is 84.4 Å². The molecule has 192 valence electrons. The van der Waals surface area contributed by atoms with E-state index in [0.717, 1.165) is 11.5 Å². The molecule has 3 N–H and O–H groups in total. The van der Waals surface area contributed by atoms with Gasteiger partial charge in [-0.25, -0.2) is 5.41 Å². The van der Waals surface area contributed by atoms with Gasteiger partial charge in [0.25, 0.3) is 11.8 Å². The molecule has 2 heterocycles. The van der Waals surface area contributed by atoms with Gasteiger partial charge in [-0.15, -0.1) is 0 Å². The number of amides is 2. The van der Waals surface area contributed by atoms with Crippen LogP contribution in [0.4, 0.5) is 0 Å². The molecule has 0 radical (unpaired) electrons. The van der Waals surface area contributed by atoms with Crippen molar-refractivity contribution in [2.75, 3.05) is 33.0 Å². The van der Waals surface area contributed by atoms with Crippen LogP contribution in [-0.2, 0) is 33.4 Å². The number of amidine groups is 1. The third-order valence-corrected chi connectivity index (χ3v) is 6.04. The third kappa shape index (κ3) is 4.41. The molecule has 0 aromatic heterocycles. The minimum absolute atomic E-state index is 0.00264. The molecule has 4 atom stereocenters. The zero-order chi connectivity index (χ0) is 24.9. The van der Waals surface area contributed by atoms with Crippen molar-refractivity contribution in [3.8, 4) is 0 Å². The van der Waals surface area contributed by atoms with Crippen LogP contribution in [0.1, 0.15) is 59.8 Å². The summed E-state index contributed by atoms with van der Waals surface area (Å²) in [5.74, 6) is -1.14. The van der Waals surface area contributed by atoms with E-state index >= 15 is 0 Å². The molecule has 2 amide bonds. The Morgan fingerprint density at radius 1 is 1.03 bits per heavy atom. The Morgan fingerprint density at radius 2 is 1.65 bits per heavy atom. The van der Waals surface area contributed by atoms with E-state index in [1.807, 2.05) is 27.7 Å². The second kappa shape index (κ2) is 11.0. The SMILES string of the molecule is CCCOC[C@]1(O)C(OCCC)=C2C(=O)NC(=N)ON3C(=O)C[C@]23[C@H](OCCC)[C@@H]1OCCC. The number of nitrogens with one attached hydrogen (secondary N) is 2. The predicted octanol–water partition coefficient (Wildman–Crippen LogP) is 1.40. The Morgan fingerprint density at radius 3 is 2.24 bits per heavy atom. The van der Waals surface area contributed by atoms with E-state index in [-0.39, 0.29) is 31.0 Å². The van der Waals surface area contributed by atoms with Crippen LogP contribution < -0.4 is 5.32 Å². The van der Waals surface area contributed by atoms with Gasteiger partial charge in [-0.05, 0) is 25.7 Å². The quantitative estimate of drug-likeness (QED) is 0.264. The average Bonchev–Trinajstić information content (AvgIpc) is 2.88. The minimum atomic E-state index is -1.87. The summed E-state index contributed by atoms with van der Waals surface area (Å²) >= 11 is 0. The highest BCUT2D eigenvalue weighted by Crippen LogP contribution is 2.53. The number of hydrogen-bond acceptors (Lipinski definition) is 9. The van der Waals surface area contributed by atoms with Crippen LogP contribution in [0.3, 0.4) is 0 Å². The summed E-state index contributed by atoms with van der Waals surface area (Å²) in [5, 5.41) is 23.5. The van der Waals surface area contributed by atoms with Gasteiger partial charge in [0.15, 0.2) is 11.1 Å². The maximum absolute atomic E-state index is 13.4. The fraction of sp³-hybridized carbons (Fsp3) is 0.783. The second-order valence-corrected chi connectivity index (χ2v) is 8.78. The first-order valence-corrected chi connectivity index (χ1v) is 12.1. The molecule has 1 spiro atoms. The maximum Gasteiger partial charge on any atom is 0.316 e. The van der Waals surface area contributed by atoms with E-state index in [9.17, 15) is 14.7 Å². The van der Waals surface area contributed by atoms with Crippen LogP contribution in [0, 0.1) is 5.41 Å². The van der Waals surface area contributed by atoms with Crippen LogP contribution in [0.5, 0.6) is 0 Å². The summed E-state index contributed by atoms with van der Waals surface area (Å²) < 4.78 is 24.2. The molecule has 11 heteroatoms. The molecule has 0 bridgehead atoms. The molecule has 0 unspecified atom stereocenters. The first-order chi connectivity index (χ1) is 16.3. The molecule has 11 nitrogen and oxygen atoms in total. The van der Waals surface area contributed by atoms with Crippen LogP contribution in [0.2, 0.25) is 0 Å². The number of hydroxylamine groups is 2. The fourth-order valence-electron chi connectivity index (χ4n) is 4.67. The zero-order valence-electron chi connectivity index (χ0n) is 20.5. The summed E-state index contributed by atoms with van der Waals surface area (Å²) in [5.41, 5.74) is -3.28. The Hall–Kier alpha value is -2.21. The molecule has 2 saturated heterocycles. The van der Waals surface area contributed by atoms with Gasteiger partial charge in [0.1, 0.15) is 18.0 Å². The molecule has 3 aliphatic rings. The van der Waals surface area contributed by atoms with Crippen molar-refractivity contribution in [3.63, 3.8) is 0 Å². The zero-order valence-corrected chi connectivity index (χ0v) is 20.5. The molecule has 34 heavy (non-hydrogen) atoms. The van der Waals surface area contributed by atoms with Crippen molar-refractivity contribution >= 4 is 17.8 Å². The summed E-state index contributed by atoms with van der Waals surface area (Å²) in [6.07, 6.45) is 0.565. The van der Waals surface area contributed by atoms with Crippen molar-refractivity contribution in [2.45, 2.75) is 83.1 Å². The topological polar surface area (TPSA) is 140 Å². The monoisotopic (exact) mass is 483 g/mol. The standard InChI is InChI=1S/C23H37N3O8/c1-5-9-30-14-23(29)17(31-10-6-2)16-20(28)25-21(24)34-26-15(27)13-22(16,26)18(32-11-7-3)19(23)33-12-8-4/h18-19,29H,5-14H2,1-4H3,(H2,24,25,28)/t18-,19+,22-,23+/m1/s1. The Kier molecular flexibility index (Phi) is 8.56. The van der Waals surface area contributed by atoms with E-state index in [2.05, 4.69) is 5.32 Å². The summed E-state index contributed by atoms with van der Waals surface area (Å²) in [6.45, 7) is 8.72. The summed E-state index contributed by atoms with van der Waals surface area (Å²) in [6, 6.07) is -0.597. The third-order valence-electron chi connectivity index (χ3n) is 6.04. The molecular weight excluding hydrogens is 446 g/mol. The molecule has 0 aromatic carbocycles. The van der Waals surface area contributed by atoms with E-state index in [4.69, 9.17) is 29.2 Å². The molecular formula is C23H37N3O8. The lowest BCUT2D eigenvalue weighted by molar-refractivity contribution is -0.278. The molecule has 1 aliphatic carbocycles. The van der Waals surface area contributed by atoms with Gasteiger partial charge < -0.3 is 28.9 Å². The smallest absolute Gasteiger partial charge is 0.316 e. The number of β-lactam (4-membered cyclic amide) rings is 1. The van der Waals surface area contributed by atoms with Crippen LogP contribution in [0.15, 0.2) is 11.3 Å². The minimum Gasteiger partial charge on any atom is -0.494 e. The number of hydrogen-bond donors (Lipinski definition) is 3. The van der Waals surface area contributed by atoms with Gasteiger partial charge in [-0.2, -0.15) is 5.06 Å². The molecule has 2 fully saturated rings. The summed E-state index contributed by atoms with van der Waals surface area (Å²) in [7, 11) is 0. The molecule has 0 saturated carbocycles. The van der Waals surface area contributed by atoms with Gasteiger partial charge in [-0.3, -0.25) is 14.9 Å². The molecule has 2 aliphatic heterocycles. The average molecular weight is 484 g/mol. The van der Waals surface area contributed by atoms with E-state index in [0.29, 0.717) is 39.1 Å². The maximum atomic E-state index is 13.4. The number of nitrogens with zero attached hydrogens (tertiary/aromatic N) is 1.